The van der Waals surface area contributed by atoms with Crippen LogP contribution in [0.1, 0.15) is 36.8 Å². The summed E-state index contributed by atoms with van der Waals surface area (Å²) in [5.74, 6) is 1.14. The lowest BCUT2D eigenvalue weighted by Gasteiger charge is -2.07. The number of nitrogens with zero attached hydrogens (tertiary/aromatic N) is 2. The molecule has 0 bridgehead atoms. The summed E-state index contributed by atoms with van der Waals surface area (Å²) in [7, 11) is 0. The molecule has 0 aliphatic carbocycles. The van der Waals surface area contributed by atoms with E-state index >= 15 is 0 Å². The van der Waals surface area contributed by atoms with Crippen molar-refractivity contribution in [2.45, 2.75) is 20.8 Å². The number of aromatic nitrogens is 2. The Kier molecular flexibility index (Phi) is 6.63. The zero-order valence-electron chi connectivity index (χ0n) is 16.7. The summed E-state index contributed by atoms with van der Waals surface area (Å²) in [6.45, 7) is 6.85. The Bertz CT molecular complexity index is 993. The van der Waals surface area contributed by atoms with Gasteiger partial charge in [0.2, 0.25) is 0 Å². The number of ether oxygens (including phenoxy) is 2. The van der Waals surface area contributed by atoms with Gasteiger partial charge in [-0.15, -0.1) is 0 Å². The van der Waals surface area contributed by atoms with Crippen molar-refractivity contribution in [2.75, 3.05) is 13.2 Å². The van der Waals surface area contributed by atoms with Crippen LogP contribution in [-0.4, -0.2) is 35.0 Å². The predicted octanol–water partition coefficient (Wildman–Crippen LogP) is 4.03. The van der Waals surface area contributed by atoms with E-state index in [0.29, 0.717) is 30.3 Å². The zero-order valence-corrected chi connectivity index (χ0v) is 16.7. The Morgan fingerprint density at radius 3 is 2.52 bits per heavy atom. The highest BCUT2D eigenvalue weighted by atomic mass is 16.5. The summed E-state index contributed by atoms with van der Waals surface area (Å²) in [5.41, 5.74) is 5.90. The maximum atomic E-state index is 12.4. The van der Waals surface area contributed by atoms with Crippen molar-refractivity contribution in [3.63, 3.8) is 0 Å². The smallest absolute Gasteiger partial charge is 0.289 e. The average Bonchev–Trinajstić information content (AvgIpc) is 3.23. The molecule has 0 radical (unpaired) electrons. The number of carbonyl (C=O) groups is 1. The molecule has 2 aromatic carbocycles. The predicted molar refractivity (Wildman–Crippen MR) is 112 cm³/mol. The van der Waals surface area contributed by atoms with Crippen LogP contribution in [0.5, 0.6) is 11.5 Å². The first kappa shape index (κ1) is 20.1. The normalized spacial score (nSPS) is 11.2. The molecule has 3 rings (SSSR count). The molecular formula is C22H24N4O3. The van der Waals surface area contributed by atoms with Gasteiger partial charge in [-0.1, -0.05) is 12.1 Å². The van der Waals surface area contributed by atoms with E-state index < -0.39 is 0 Å². The Balaban J connectivity index is 1.69. The number of hydrazone groups is 1. The monoisotopic (exact) mass is 392 g/mol. The van der Waals surface area contributed by atoms with Gasteiger partial charge in [-0.25, -0.2) is 5.43 Å². The largest absolute Gasteiger partial charge is 0.494 e. The van der Waals surface area contributed by atoms with E-state index in [4.69, 9.17) is 9.47 Å². The van der Waals surface area contributed by atoms with Gasteiger partial charge in [0, 0.05) is 5.56 Å². The number of H-pyrrole nitrogens is 1. The van der Waals surface area contributed by atoms with Gasteiger partial charge in [-0.2, -0.15) is 10.2 Å². The molecule has 2 N–H and O–H groups in total. The second-order valence-electron chi connectivity index (χ2n) is 6.19. The topological polar surface area (TPSA) is 88.6 Å². The number of nitrogens with one attached hydrogen (secondary N) is 2. The molecule has 3 aromatic rings. The third-order valence-electron chi connectivity index (χ3n) is 4.19. The van der Waals surface area contributed by atoms with E-state index in [1.807, 2.05) is 69.3 Å². The minimum Gasteiger partial charge on any atom is -0.494 e. The van der Waals surface area contributed by atoms with Gasteiger partial charge in [-0.05, 0) is 68.8 Å². The first-order valence-electron chi connectivity index (χ1n) is 9.47. The van der Waals surface area contributed by atoms with Gasteiger partial charge >= 0.3 is 0 Å². The number of benzene rings is 2. The van der Waals surface area contributed by atoms with Crippen LogP contribution in [0.4, 0.5) is 0 Å². The SMILES string of the molecule is CCOc1ccc(/C(C)=N/NC(=O)c2cc(-c3ccccc3OCC)n[nH]2)cc1. The second kappa shape index (κ2) is 9.54. The third-order valence-corrected chi connectivity index (χ3v) is 4.19. The maximum Gasteiger partial charge on any atom is 0.289 e. The van der Waals surface area contributed by atoms with E-state index in [1.165, 1.54) is 0 Å². The van der Waals surface area contributed by atoms with Crippen LogP contribution in [0.15, 0.2) is 59.7 Å². The van der Waals surface area contributed by atoms with Crippen LogP contribution >= 0.6 is 0 Å². The molecule has 0 unspecified atom stereocenters. The number of amides is 1. The number of hydrogen-bond donors (Lipinski definition) is 2. The fraction of sp³-hybridized carbons (Fsp3) is 0.227. The van der Waals surface area contributed by atoms with Crippen molar-refractivity contribution >= 4 is 11.6 Å². The Labute approximate surface area is 169 Å². The molecule has 29 heavy (non-hydrogen) atoms. The van der Waals surface area contributed by atoms with Gasteiger partial charge in [0.25, 0.3) is 5.91 Å². The molecule has 1 aromatic heterocycles. The minimum absolute atomic E-state index is 0.314. The molecule has 0 saturated carbocycles. The van der Waals surface area contributed by atoms with E-state index in [-0.39, 0.29) is 5.91 Å². The lowest BCUT2D eigenvalue weighted by molar-refractivity contribution is 0.0950. The third kappa shape index (κ3) is 5.01. The van der Waals surface area contributed by atoms with Crippen LogP contribution in [0, 0.1) is 0 Å². The van der Waals surface area contributed by atoms with Crippen LogP contribution < -0.4 is 14.9 Å². The second-order valence-corrected chi connectivity index (χ2v) is 6.19. The summed E-state index contributed by atoms with van der Waals surface area (Å²) in [5, 5.41) is 11.2. The standard InChI is InChI=1S/C22H24N4O3/c1-4-28-17-12-10-16(11-13-17)15(3)23-26-22(27)20-14-19(24-25-20)18-8-6-7-9-21(18)29-5-2/h6-14H,4-5H2,1-3H3,(H,24,25)(H,26,27)/b23-15+. The molecule has 0 saturated heterocycles. The average molecular weight is 392 g/mol. The van der Waals surface area contributed by atoms with Gasteiger partial charge in [0.05, 0.1) is 24.6 Å². The minimum atomic E-state index is -0.372. The Hall–Kier alpha value is -3.61. The fourth-order valence-corrected chi connectivity index (χ4v) is 2.75. The van der Waals surface area contributed by atoms with Gasteiger partial charge in [0.15, 0.2) is 0 Å². The summed E-state index contributed by atoms with van der Waals surface area (Å²) in [6, 6.07) is 16.8. The highest BCUT2D eigenvalue weighted by molar-refractivity contribution is 6.00. The molecule has 0 aliphatic heterocycles. The Morgan fingerprint density at radius 2 is 1.79 bits per heavy atom. The molecular weight excluding hydrogens is 368 g/mol. The van der Waals surface area contributed by atoms with Crippen molar-refractivity contribution in [3.05, 3.63) is 65.9 Å². The molecule has 150 valence electrons. The van der Waals surface area contributed by atoms with Crippen molar-refractivity contribution in [3.8, 4) is 22.8 Å². The lowest BCUT2D eigenvalue weighted by Crippen LogP contribution is -2.19. The highest BCUT2D eigenvalue weighted by Crippen LogP contribution is 2.28. The van der Waals surface area contributed by atoms with Crippen molar-refractivity contribution < 1.29 is 14.3 Å². The zero-order chi connectivity index (χ0) is 20.6. The van der Waals surface area contributed by atoms with Crippen LogP contribution in [0.2, 0.25) is 0 Å². The summed E-state index contributed by atoms with van der Waals surface area (Å²) in [6.07, 6.45) is 0. The maximum absolute atomic E-state index is 12.4. The Morgan fingerprint density at radius 1 is 1.07 bits per heavy atom. The number of aromatic amines is 1. The van der Waals surface area contributed by atoms with Crippen molar-refractivity contribution in [2.24, 2.45) is 5.10 Å². The van der Waals surface area contributed by atoms with Gasteiger partial charge in [-0.3, -0.25) is 9.89 Å². The molecule has 0 spiro atoms. The molecule has 0 aliphatic rings. The lowest BCUT2D eigenvalue weighted by atomic mass is 10.1. The highest BCUT2D eigenvalue weighted by Gasteiger charge is 2.13. The molecule has 7 nitrogen and oxygen atoms in total. The first-order valence-corrected chi connectivity index (χ1v) is 9.47. The molecule has 1 heterocycles. The number of hydrogen-bond acceptors (Lipinski definition) is 5. The van der Waals surface area contributed by atoms with E-state index in [2.05, 4.69) is 20.7 Å². The van der Waals surface area contributed by atoms with Crippen molar-refractivity contribution in [1.29, 1.82) is 0 Å². The fourth-order valence-electron chi connectivity index (χ4n) is 2.75. The molecule has 0 atom stereocenters. The molecule has 7 heteroatoms. The van der Waals surface area contributed by atoms with Crippen molar-refractivity contribution in [1.82, 2.24) is 15.6 Å². The van der Waals surface area contributed by atoms with E-state index in [9.17, 15) is 4.79 Å². The van der Waals surface area contributed by atoms with Crippen LogP contribution in [-0.2, 0) is 0 Å². The molecule has 1 amide bonds. The van der Waals surface area contributed by atoms with E-state index in [0.717, 1.165) is 22.6 Å². The summed E-state index contributed by atoms with van der Waals surface area (Å²) in [4.78, 5) is 12.4. The van der Waals surface area contributed by atoms with Gasteiger partial charge < -0.3 is 9.47 Å². The number of carbonyl (C=O) groups excluding carboxylic acids is 1. The number of rotatable bonds is 8. The molecule has 0 fully saturated rings. The summed E-state index contributed by atoms with van der Waals surface area (Å²) < 4.78 is 11.1. The van der Waals surface area contributed by atoms with Crippen LogP contribution in [0.25, 0.3) is 11.3 Å². The summed E-state index contributed by atoms with van der Waals surface area (Å²) >= 11 is 0. The van der Waals surface area contributed by atoms with E-state index in [1.54, 1.807) is 6.07 Å². The quantitative estimate of drug-likeness (QED) is 0.447. The van der Waals surface area contributed by atoms with Gasteiger partial charge in [0.1, 0.15) is 17.2 Å². The number of para-hydroxylation sites is 1. The first-order chi connectivity index (χ1) is 14.1. The van der Waals surface area contributed by atoms with Crippen LogP contribution in [0.3, 0.4) is 0 Å².